The van der Waals surface area contributed by atoms with Crippen LogP contribution < -0.4 is 10.6 Å². The number of nitrogens with zero attached hydrogens (tertiary/aromatic N) is 2. The normalized spacial score (nSPS) is 11.2. The van der Waals surface area contributed by atoms with Crippen LogP contribution in [0.4, 0.5) is 4.39 Å². The molecule has 26 heavy (non-hydrogen) atoms. The highest BCUT2D eigenvalue weighted by atomic mass is 79.9. The van der Waals surface area contributed by atoms with Gasteiger partial charge in [0.05, 0.1) is 13.1 Å². The Bertz CT molecular complexity index is 762. The summed E-state index contributed by atoms with van der Waals surface area (Å²) in [4.78, 5) is 17.8. The van der Waals surface area contributed by atoms with E-state index in [2.05, 4.69) is 31.6 Å². The summed E-state index contributed by atoms with van der Waals surface area (Å²) in [5.41, 5.74) is 1.56. The van der Waals surface area contributed by atoms with E-state index in [0.29, 0.717) is 18.1 Å². The molecule has 0 aliphatic rings. The molecule has 0 radical (unpaired) electrons. The van der Waals surface area contributed by atoms with Gasteiger partial charge in [0.2, 0.25) is 5.91 Å². The first-order chi connectivity index (χ1) is 12.5. The van der Waals surface area contributed by atoms with Crippen molar-refractivity contribution in [2.75, 3.05) is 20.6 Å². The fourth-order valence-electron chi connectivity index (χ4n) is 2.07. The van der Waals surface area contributed by atoms with Crippen molar-refractivity contribution in [3.05, 3.63) is 69.9 Å². The van der Waals surface area contributed by atoms with Gasteiger partial charge in [-0.15, -0.1) is 0 Å². The molecule has 0 bridgehead atoms. The minimum absolute atomic E-state index is 0.0750. The molecule has 5 nitrogen and oxygen atoms in total. The molecule has 2 aromatic carbocycles. The number of hydrogen-bond donors (Lipinski definition) is 2. The van der Waals surface area contributed by atoms with E-state index in [1.165, 1.54) is 11.0 Å². The molecule has 0 saturated carbocycles. The SMILES string of the molecule is CN(C)C(=O)CNC(=NCc1ccc(Br)cc1)NCc1ccccc1F. The molecule has 0 atom stereocenters. The Morgan fingerprint density at radius 3 is 2.46 bits per heavy atom. The van der Waals surface area contributed by atoms with Crippen molar-refractivity contribution < 1.29 is 9.18 Å². The third-order valence-corrected chi connectivity index (χ3v) is 4.17. The largest absolute Gasteiger partial charge is 0.352 e. The Kier molecular flexibility index (Phi) is 7.59. The number of guanidine groups is 1. The molecule has 2 N–H and O–H groups in total. The first kappa shape index (κ1) is 19.9. The van der Waals surface area contributed by atoms with Gasteiger partial charge in [0.25, 0.3) is 0 Å². The zero-order valence-electron chi connectivity index (χ0n) is 14.8. The van der Waals surface area contributed by atoms with Gasteiger partial charge < -0.3 is 15.5 Å². The Balaban J connectivity index is 2.04. The second-order valence-corrected chi connectivity index (χ2v) is 6.79. The molecule has 0 aliphatic heterocycles. The first-order valence-electron chi connectivity index (χ1n) is 8.16. The second kappa shape index (κ2) is 9.91. The van der Waals surface area contributed by atoms with Gasteiger partial charge in [-0.3, -0.25) is 4.79 Å². The highest BCUT2D eigenvalue weighted by molar-refractivity contribution is 9.10. The van der Waals surface area contributed by atoms with Crippen molar-refractivity contribution in [1.82, 2.24) is 15.5 Å². The lowest BCUT2D eigenvalue weighted by atomic mass is 10.2. The van der Waals surface area contributed by atoms with Crippen LogP contribution in [-0.2, 0) is 17.9 Å². The van der Waals surface area contributed by atoms with Crippen LogP contribution in [-0.4, -0.2) is 37.4 Å². The number of aliphatic imine (C=N–C) groups is 1. The Morgan fingerprint density at radius 2 is 1.81 bits per heavy atom. The van der Waals surface area contributed by atoms with Gasteiger partial charge >= 0.3 is 0 Å². The lowest BCUT2D eigenvalue weighted by Gasteiger charge is -2.15. The minimum atomic E-state index is -0.281. The van der Waals surface area contributed by atoms with Crippen molar-refractivity contribution in [3.63, 3.8) is 0 Å². The molecule has 0 heterocycles. The van der Waals surface area contributed by atoms with E-state index < -0.39 is 0 Å². The number of halogens is 2. The number of nitrogens with one attached hydrogen (secondary N) is 2. The van der Waals surface area contributed by atoms with Crippen molar-refractivity contribution in [1.29, 1.82) is 0 Å². The van der Waals surface area contributed by atoms with E-state index in [0.717, 1.165) is 10.0 Å². The molecule has 0 spiro atoms. The minimum Gasteiger partial charge on any atom is -0.352 e. The molecular formula is C19H22BrFN4O. The zero-order valence-corrected chi connectivity index (χ0v) is 16.4. The van der Waals surface area contributed by atoms with Crippen molar-refractivity contribution in [3.8, 4) is 0 Å². The number of carbonyl (C=O) groups is 1. The number of amides is 1. The van der Waals surface area contributed by atoms with Gasteiger partial charge in [0.15, 0.2) is 5.96 Å². The van der Waals surface area contributed by atoms with Crippen molar-refractivity contribution in [2.45, 2.75) is 13.1 Å². The van der Waals surface area contributed by atoms with Crippen LogP contribution in [0.3, 0.4) is 0 Å². The quantitative estimate of drug-likeness (QED) is 0.557. The Hall–Kier alpha value is -2.41. The third kappa shape index (κ3) is 6.48. The summed E-state index contributed by atoms with van der Waals surface area (Å²) >= 11 is 3.40. The molecule has 138 valence electrons. The summed E-state index contributed by atoms with van der Waals surface area (Å²) in [6.45, 7) is 0.821. The van der Waals surface area contributed by atoms with Gasteiger partial charge in [-0.25, -0.2) is 9.38 Å². The maximum absolute atomic E-state index is 13.8. The summed E-state index contributed by atoms with van der Waals surface area (Å²) in [6.07, 6.45) is 0. The highest BCUT2D eigenvalue weighted by Gasteiger charge is 2.07. The predicted molar refractivity (Wildman–Crippen MR) is 105 cm³/mol. The molecule has 1 amide bonds. The Labute approximate surface area is 161 Å². The summed E-state index contributed by atoms with van der Waals surface area (Å²) in [6, 6.07) is 14.4. The number of hydrogen-bond acceptors (Lipinski definition) is 2. The Morgan fingerprint density at radius 1 is 1.12 bits per heavy atom. The fourth-order valence-corrected chi connectivity index (χ4v) is 2.34. The van der Waals surface area contributed by atoms with E-state index in [1.807, 2.05) is 24.3 Å². The molecule has 0 fully saturated rings. The van der Waals surface area contributed by atoms with Crippen LogP contribution in [0.15, 0.2) is 58.0 Å². The maximum atomic E-state index is 13.8. The van der Waals surface area contributed by atoms with Crippen LogP contribution >= 0.6 is 15.9 Å². The van der Waals surface area contributed by atoms with Gasteiger partial charge in [-0.05, 0) is 23.8 Å². The molecule has 0 aromatic heterocycles. The van der Waals surface area contributed by atoms with Crippen LogP contribution in [0.25, 0.3) is 0 Å². The van der Waals surface area contributed by atoms with Crippen LogP contribution in [0, 0.1) is 5.82 Å². The van der Waals surface area contributed by atoms with Gasteiger partial charge in [-0.2, -0.15) is 0 Å². The van der Waals surface area contributed by atoms with Crippen LogP contribution in [0.5, 0.6) is 0 Å². The predicted octanol–water partition coefficient (Wildman–Crippen LogP) is 2.91. The highest BCUT2D eigenvalue weighted by Crippen LogP contribution is 2.11. The summed E-state index contributed by atoms with van der Waals surface area (Å²) < 4.78 is 14.8. The fraction of sp³-hybridized carbons (Fsp3) is 0.263. The van der Waals surface area contributed by atoms with Gasteiger partial charge in [0.1, 0.15) is 5.82 Å². The van der Waals surface area contributed by atoms with Crippen molar-refractivity contribution in [2.24, 2.45) is 4.99 Å². The first-order valence-corrected chi connectivity index (χ1v) is 8.95. The van der Waals surface area contributed by atoms with E-state index in [1.54, 1.807) is 32.3 Å². The average molecular weight is 421 g/mol. The van der Waals surface area contributed by atoms with E-state index in [4.69, 9.17) is 0 Å². The molecule has 0 saturated heterocycles. The maximum Gasteiger partial charge on any atom is 0.241 e. The topological polar surface area (TPSA) is 56.7 Å². The number of carbonyl (C=O) groups excluding carboxylic acids is 1. The van der Waals surface area contributed by atoms with Crippen molar-refractivity contribution >= 4 is 27.8 Å². The average Bonchev–Trinajstić information content (AvgIpc) is 2.63. The van der Waals surface area contributed by atoms with Gasteiger partial charge in [-0.1, -0.05) is 46.3 Å². The van der Waals surface area contributed by atoms with E-state index in [9.17, 15) is 9.18 Å². The standard InChI is InChI=1S/C19H22BrFN4O/c1-25(2)18(26)13-24-19(22-11-14-7-9-16(20)10-8-14)23-12-15-5-3-4-6-17(15)21/h3-10H,11-13H2,1-2H3,(H2,22,23,24). The zero-order chi connectivity index (χ0) is 18.9. The lowest BCUT2D eigenvalue weighted by Crippen LogP contribution is -2.42. The molecule has 2 rings (SSSR count). The number of benzene rings is 2. The molecule has 2 aromatic rings. The molecule has 0 aliphatic carbocycles. The van der Waals surface area contributed by atoms with E-state index in [-0.39, 0.29) is 24.8 Å². The summed E-state index contributed by atoms with van der Waals surface area (Å²) in [5, 5.41) is 6.06. The molecule has 0 unspecified atom stereocenters. The van der Waals surface area contributed by atoms with Crippen LogP contribution in [0.2, 0.25) is 0 Å². The molecule has 7 heteroatoms. The van der Waals surface area contributed by atoms with Crippen LogP contribution in [0.1, 0.15) is 11.1 Å². The summed E-state index contributed by atoms with van der Waals surface area (Å²) in [5.74, 6) is 0.0945. The smallest absolute Gasteiger partial charge is 0.241 e. The summed E-state index contributed by atoms with van der Waals surface area (Å²) in [7, 11) is 3.38. The monoisotopic (exact) mass is 420 g/mol. The number of rotatable bonds is 6. The van der Waals surface area contributed by atoms with E-state index >= 15 is 0 Å². The second-order valence-electron chi connectivity index (χ2n) is 5.88. The third-order valence-electron chi connectivity index (χ3n) is 3.64. The molecular weight excluding hydrogens is 399 g/mol. The lowest BCUT2D eigenvalue weighted by molar-refractivity contribution is -0.127. The van der Waals surface area contributed by atoms with Gasteiger partial charge in [0, 0.05) is 30.7 Å². The number of likely N-dealkylation sites (N-methyl/N-ethyl adjacent to an activating group) is 1.